The van der Waals surface area contributed by atoms with Crippen LogP contribution in [-0.4, -0.2) is 36.6 Å². The number of nitrogens with zero attached hydrogens (tertiary/aromatic N) is 1. The van der Waals surface area contributed by atoms with Gasteiger partial charge in [-0.15, -0.1) is 0 Å². The molecule has 1 heterocycles. The molecule has 1 spiro atoms. The van der Waals surface area contributed by atoms with Crippen LogP contribution in [0.1, 0.15) is 24.0 Å². The third-order valence-electron chi connectivity index (χ3n) is 4.45. The molecule has 1 saturated carbocycles. The van der Waals surface area contributed by atoms with Crippen molar-refractivity contribution in [2.75, 3.05) is 25.9 Å². The SMILES string of the molecule is COC(=O)CN1CCc2ccc(N)cc2CC12CC2. The number of fused-ring (bicyclic) bond motifs is 1. The van der Waals surface area contributed by atoms with Gasteiger partial charge in [0.2, 0.25) is 0 Å². The Balaban J connectivity index is 1.85. The maximum atomic E-state index is 11.6. The molecule has 0 atom stereocenters. The predicted octanol–water partition coefficient (Wildman–Crippen LogP) is 1.37. The number of carbonyl (C=O) groups is 1. The van der Waals surface area contributed by atoms with Gasteiger partial charge in [0.25, 0.3) is 0 Å². The molecule has 1 aromatic carbocycles. The lowest BCUT2D eigenvalue weighted by Gasteiger charge is -2.28. The van der Waals surface area contributed by atoms with Crippen molar-refractivity contribution in [3.8, 4) is 0 Å². The van der Waals surface area contributed by atoms with Gasteiger partial charge in [0.05, 0.1) is 13.7 Å². The van der Waals surface area contributed by atoms with E-state index in [1.807, 2.05) is 6.07 Å². The molecule has 2 aliphatic rings. The number of ether oxygens (including phenoxy) is 1. The Hall–Kier alpha value is -1.55. The first kappa shape index (κ1) is 12.5. The fourth-order valence-corrected chi connectivity index (χ4v) is 3.12. The number of nitrogens with two attached hydrogens (primary N) is 1. The fraction of sp³-hybridized carbons (Fsp3) is 0.533. The van der Waals surface area contributed by atoms with E-state index in [9.17, 15) is 4.79 Å². The number of anilines is 1. The van der Waals surface area contributed by atoms with Crippen molar-refractivity contribution < 1.29 is 9.53 Å². The number of carbonyl (C=O) groups excluding carboxylic acids is 1. The molecule has 1 aliphatic carbocycles. The minimum Gasteiger partial charge on any atom is -0.468 e. The van der Waals surface area contributed by atoms with Crippen molar-refractivity contribution >= 4 is 11.7 Å². The van der Waals surface area contributed by atoms with Crippen LogP contribution < -0.4 is 5.73 Å². The molecule has 102 valence electrons. The summed E-state index contributed by atoms with van der Waals surface area (Å²) in [6.45, 7) is 1.33. The zero-order valence-electron chi connectivity index (χ0n) is 11.3. The predicted molar refractivity (Wildman–Crippen MR) is 73.8 cm³/mol. The zero-order valence-corrected chi connectivity index (χ0v) is 11.3. The Bertz CT molecular complexity index is 509. The van der Waals surface area contributed by atoms with E-state index in [0.29, 0.717) is 6.54 Å². The maximum Gasteiger partial charge on any atom is 0.319 e. The molecule has 0 amide bonds. The number of methoxy groups -OCH3 is 1. The van der Waals surface area contributed by atoms with Gasteiger partial charge in [-0.3, -0.25) is 9.69 Å². The van der Waals surface area contributed by atoms with Crippen molar-refractivity contribution in [3.05, 3.63) is 29.3 Å². The Morgan fingerprint density at radius 3 is 2.89 bits per heavy atom. The van der Waals surface area contributed by atoms with Gasteiger partial charge in [0, 0.05) is 17.8 Å². The van der Waals surface area contributed by atoms with E-state index in [4.69, 9.17) is 10.5 Å². The maximum absolute atomic E-state index is 11.6. The monoisotopic (exact) mass is 260 g/mol. The second-order valence-corrected chi connectivity index (χ2v) is 5.68. The quantitative estimate of drug-likeness (QED) is 0.644. The summed E-state index contributed by atoms with van der Waals surface area (Å²) in [5.74, 6) is -0.142. The normalized spacial score (nSPS) is 20.7. The summed E-state index contributed by atoms with van der Waals surface area (Å²) in [6.07, 6.45) is 4.31. The minimum absolute atomic E-state index is 0.142. The van der Waals surface area contributed by atoms with Gasteiger partial charge >= 0.3 is 5.97 Å². The van der Waals surface area contributed by atoms with E-state index >= 15 is 0 Å². The van der Waals surface area contributed by atoms with Gasteiger partial charge in [-0.25, -0.2) is 0 Å². The molecule has 3 rings (SSSR count). The van der Waals surface area contributed by atoms with Crippen molar-refractivity contribution in [1.29, 1.82) is 0 Å². The molecule has 4 nitrogen and oxygen atoms in total. The van der Waals surface area contributed by atoms with Crippen LogP contribution >= 0.6 is 0 Å². The Morgan fingerprint density at radius 1 is 1.42 bits per heavy atom. The largest absolute Gasteiger partial charge is 0.468 e. The molecule has 0 saturated heterocycles. The summed E-state index contributed by atoms with van der Waals surface area (Å²) in [4.78, 5) is 13.9. The molecule has 0 unspecified atom stereocenters. The molecule has 4 heteroatoms. The average molecular weight is 260 g/mol. The molecule has 0 aromatic heterocycles. The summed E-state index contributed by atoms with van der Waals surface area (Å²) < 4.78 is 4.81. The summed E-state index contributed by atoms with van der Waals surface area (Å²) in [5.41, 5.74) is 9.61. The number of benzene rings is 1. The smallest absolute Gasteiger partial charge is 0.319 e. The summed E-state index contributed by atoms with van der Waals surface area (Å²) >= 11 is 0. The zero-order chi connectivity index (χ0) is 13.5. The van der Waals surface area contributed by atoms with Crippen LogP contribution in [0.2, 0.25) is 0 Å². The number of nitrogen functional groups attached to an aromatic ring is 1. The van der Waals surface area contributed by atoms with E-state index in [1.54, 1.807) is 0 Å². The summed E-state index contributed by atoms with van der Waals surface area (Å²) in [7, 11) is 1.45. The van der Waals surface area contributed by atoms with Gasteiger partial charge in [-0.1, -0.05) is 6.07 Å². The average Bonchev–Trinajstić information content (AvgIpc) is 3.18. The topological polar surface area (TPSA) is 55.6 Å². The van der Waals surface area contributed by atoms with Crippen LogP contribution in [0.4, 0.5) is 5.69 Å². The highest BCUT2D eigenvalue weighted by Gasteiger charge is 2.49. The van der Waals surface area contributed by atoms with Crippen LogP contribution in [-0.2, 0) is 22.4 Å². The summed E-state index contributed by atoms with van der Waals surface area (Å²) in [6, 6.07) is 6.19. The first-order chi connectivity index (χ1) is 9.13. The van der Waals surface area contributed by atoms with E-state index < -0.39 is 0 Å². The van der Waals surface area contributed by atoms with E-state index in [1.165, 1.54) is 18.2 Å². The second-order valence-electron chi connectivity index (χ2n) is 5.68. The van der Waals surface area contributed by atoms with Crippen molar-refractivity contribution in [2.45, 2.75) is 31.2 Å². The lowest BCUT2D eigenvalue weighted by Crippen LogP contribution is -2.42. The molecule has 0 bridgehead atoms. The van der Waals surface area contributed by atoms with E-state index in [0.717, 1.165) is 37.9 Å². The third kappa shape index (κ3) is 2.32. The van der Waals surface area contributed by atoms with Gasteiger partial charge in [0.15, 0.2) is 0 Å². The van der Waals surface area contributed by atoms with Gasteiger partial charge in [-0.05, 0) is 48.9 Å². The number of esters is 1. The van der Waals surface area contributed by atoms with Gasteiger partial charge < -0.3 is 10.5 Å². The number of hydrogen-bond donors (Lipinski definition) is 1. The van der Waals surface area contributed by atoms with Crippen molar-refractivity contribution in [3.63, 3.8) is 0 Å². The molecule has 1 fully saturated rings. The highest BCUT2D eigenvalue weighted by Crippen LogP contribution is 2.46. The van der Waals surface area contributed by atoms with Crippen molar-refractivity contribution in [1.82, 2.24) is 4.90 Å². The first-order valence-corrected chi connectivity index (χ1v) is 6.82. The fourth-order valence-electron chi connectivity index (χ4n) is 3.12. The standard InChI is InChI=1S/C15H20N2O2/c1-19-14(18)10-17-7-4-11-2-3-13(16)8-12(11)9-15(17)5-6-15/h2-3,8H,4-7,9-10,16H2,1H3. The lowest BCUT2D eigenvalue weighted by molar-refractivity contribution is -0.142. The molecular formula is C15H20N2O2. The van der Waals surface area contributed by atoms with Crippen LogP contribution in [0.5, 0.6) is 0 Å². The molecule has 0 radical (unpaired) electrons. The summed E-state index contributed by atoms with van der Waals surface area (Å²) in [5, 5.41) is 0. The van der Waals surface area contributed by atoms with Crippen LogP contribution in [0.3, 0.4) is 0 Å². The molecule has 19 heavy (non-hydrogen) atoms. The number of hydrogen-bond acceptors (Lipinski definition) is 4. The van der Waals surface area contributed by atoms with Crippen LogP contribution in [0, 0.1) is 0 Å². The number of rotatable bonds is 2. The van der Waals surface area contributed by atoms with Crippen molar-refractivity contribution in [2.24, 2.45) is 0 Å². The Labute approximate surface area is 113 Å². The minimum atomic E-state index is -0.142. The highest BCUT2D eigenvalue weighted by atomic mass is 16.5. The first-order valence-electron chi connectivity index (χ1n) is 6.82. The third-order valence-corrected chi connectivity index (χ3v) is 4.45. The lowest BCUT2D eigenvalue weighted by atomic mass is 9.98. The van der Waals surface area contributed by atoms with E-state index in [-0.39, 0.29) is 11.5 Å². The van der Waals surface area contributed by atoms with Crippen LogP contribution in [0.15, 0.2) is 18.2 Å². The Kier molecular flexibility index (Phi) is 2.97. The second kappa shape index (κ2) is 4.53. The van der Waals surface area contributed by atoms with Gasteiger partial charge in [0.1, 0.15) is 0 Å². The molecule has 2 N–H and O–H groups in total. The highest BCUT2D eigenvalue weighted by molar-refractivity contribution is 5.71. The van der Waals surface area contributed by atoms with Crippen LogP contribution in [0.25, 0.3) is 0 Å². The van der Waals surface area contributed by atoms with Gasteiger partial charge in [-0.2, -0.15) is 0 Å². The molecule has 1 aromatic rings. The molecule has 1 aliphatic heterocycles. The Morgan fingerprint density at radius 2 is 2.21 bits per heavy atom. The molecular weight excluding hydrogens is 240 g/mol. The van der Waals surface area contributed by atoms with E-state index in [2.05, 4.69) is 17.0 Å².